The molecule has 1 N–H and O–H groups in total. The van der Waals surface area contributed by atoms with Gasteiger partial charge in [0.25, 0.3) is 0 Å². The van der Waals surface area contributed by atoms with E-state index in [2.05, 4.69) is 15.6 Å². The summed E-state index contributed by atoms with van der Waals surface area (Å²) in [5.41, 5.74) is 3.33. The average Bonchev–Trinajstić information content (AvgIpc) is 2.78. The van der Waals surface area contributed by atoms with Gasteiger partial charge in [-0.3, -0.25) is 4.98 Å². The topological polar surface area (TPSA) is 38.0 Å². The van der Waals surface area contributed by atoms with E-state index < -0.39 is 0 Å². The van der Waals surface area contributed by atoms with Crippen LogP contribution in [-0.2, 0) is 13.2 Å². The van der Waals surface area contributed by atoms with Gasteiger partial charge in [-0.1, -0.05) is 18.2 Å². The maximum atomic E-state index is 9.39. The summed E-state index contributed by atoms with van der Waals surface area (Å²) in [6, 6.07) is 12.2. The average molecular weight is 238 g/mol. The second-order valence-electron chi connectivity index (χ2n) is 4.31. The Kier molecular flexibility index (Phi) is 2.82. The van der Waals surface area contributed by atoms with Gasteiger partial charge in [0.1, 0.15) is 0 Å². The number of fused-ring (bicyclic) bond motifs is 1. The van der Waals surface area contributed by atoms with Crippen LogP contribution >= 0.6 is 0 Å². The van der Waals surface area contributed by atoms with Crippen LogP contribution in [0, 0.1) is 0 Å². The Hall–Kier alpha value is -2.13. The summed E-state index contributed by atoms with van der Waals surface area (Å²) < 4.78 is 2.16. The Morgan fingerprint density at radius 2 is 1.83 bits per heavy atom. The SMILES string of the molecule is OCc1cn(Cc2ccncc2)c2ccccc12. The lowest BCUT2D eigenvalue weighted by Gasteiger charge is -2.04. The lowest BCUT2D eigenvalue weighted by Crippen LogP contribution is -1.97. The van der Waals surface area contributed by atoms with E-state index in [-0.39, 0.29) is 6.61 Å². The van der Waals surface area contributed by atoms with Crippen LogP contribution in [0.3, 0.4) is 0 Å². The first-order chi connectivity index (χ1) is 8.88. The first-order valence-electron chi connectivity index (χ1n) is 5.95. The van der Waals surface area contributed by atoms with Gasteiger partial charge < -0.3 is 9.67 Å². The van der Waals surface area contributed by atoms with Crippen molar-refractivity contribution < 1.29 is 5.11 Å². The third kappa shape index (κ3) is 1.89. The summed E-state index contributed by atoms with van der Waals surface area (Å²) in [5.74, 6) is 0. The smallest absolute Gasteiger partial charge is 0.0702 e. The minimum absolute atomic E-state index is 0.0733. The summed E-state index contributed by atoms with van der Waals surface area (Å²) in [6.45, 7) is 0.868. The zero-order valence-electron chi connectivity index (χ0n) is 9.95. The molecule has 2 aromatic heterocycles. The van der Waals surface area contributed by atoms with Gasteiger partial charge in [-0.05, 0) is 23.8 Å². The molecule has 0 saturated carbocycles. The van der Waals surface area contributed by atoms with Gasteiger partial charge in [0.05, 0.1) is 6.61 Å². The van der Waals surface area contributed by atoms with E-state index >= 15 is 0 Å². The molecule has 0 aliphatic rings. The molecule has 0 saturated heterocycles. The molecule has 3 aromatic rings. The largest absolute Gasteiger partial charge is 0.392 e. The van der Waals surface area contributed by atoms with Crippen LogP contribution in [0.1, 0.15) is 11.1 Å². The molecule has 1 aromatic carbocycles. The van der Waals surface area contributed by atoms with Gasteiger partial charge in [0, 0.05) is 41.6 Å². The number of rotatable bonds is 3. The van der Waals surface area contributed by atoms with E-state index in [1.165, 1.54) is 5.56 Å². The van der Waals surface area contributed by atoms with Crippen LogP contribution in [0.4, 0.5) is 0 Å². The Morgan fingerprint density at radius 1 is 1.06 bits per heavy atom. The molecule has 2 heterocycles. The molecule has 0 aliphatic carbocycles. The number of para-hydroxylation sites is 1. The molecule has 3 heteroatoms. The van der Waals surface area contributed by atoms with Crippen molar-refractivity contribution in [3.8, 4) is 0 Å². The molecule has 3 nitrogen and oxygen atoms in total. The second-order valence-corrected chi connectivity index (χ2v) is 4.31. The first kappa shape index (κ1) is 11.0. The van der Waals surface area contributed by atoms with Crippen LogP contribution in [0.25, 0.3) is 10.9 Å². The second kappa shape index (κ2) is 4.63. The highest BCUT2D eigenvalue weighted by atomic mass is 16.3. The van der Waals surface area contributed by atoms with Crippen molar-refractivity contribution in [3.63, 3.8) is 0 Å². The van der Waals surface area contributed by atoms with E-state index in [4.69, 9.17) is 0 Å². The van der Waals surface area contributed by atoms with E-state index in [0.29, 0.717) is 0 Å². The lowest BCUT2D eigenvalue weighted by atomic mass is 10.2. The van der Waals surface area contributed by atoms with E-state index in [0.717, 1.165) is 23.0 Å². The molecule has 0 fully saturated rings. The predicted molar refractivity (Wildman–Crippen MR) is 71.2 cm³/mol. The molecule has 90 valence electrons. The molecular formula is C15H14N2O. The number of aliphatic hydroxyl groups excluding tert-OH is 1. The summed E-state index contributed by atoms with van der Waals surface area (Å²) in [5, 5.41) is 10.5. The monoisotopic (exact) mass is 238 g/mol. The Bertz CT molecular complexity index is 659. The van der Waals surface area contributed by atoms with Gasteiger partial charge >= 0.3 is 0 Å². The highest BCUT2D eigenvalue weighted by molar-refractivity contribution is 5.83. The number of aromatic nitrogens is 2. The fraction of sp³-hybridized carbons (Fsp3) is 0.133. The van der Waals surface area contributed by atoms with Gasteiger partial charge in [-0.25, -0.2) is 0 Å². The quantitative estimate of drug-likeness (QED) is 0.761. The van der Waals surface area contributed by atoms with Gasteiger partial charge in [0.2, 0.25) is 0 Å². The summed E-state index contributed by atoms with van der Waals surface area (Å²) >= 11 is 0. The van der Waals surface area contributed by atoms with Crippen LogP contribution in [0.15, 0.2) is 55.0 Å². The van der Waals surface area contributed by atoms with Gasteiger partial charge in [0.15, 0.2) is 0 Å². The maximum Gasteiger partial charge on any atom is 0.0702 e. The minimum Gasteiger partial charge on any atom is -0.392 e. The van der Waals surface area contributed by atoms with Crippen LogP contribution < -0.4 is 0 Å². The normalized spacial score (nSPS) is 10.9. The molecule has 0 spiro atoms. The van der Waals surface area contributed by atoms with Crippen molar-refractivity contribution in [2.45, 2.75) is 13.2 Å². The number of nitrogens with zero attached hydrogens (tertiary/aromatic N) is 2. The van der Waals surface area contributed by atoms with Crippen molar-refractivity contribution in [2.24, 2.45) is 0 Å². The molecule has 0 aliphatic heterocycles. The fourth-order valence-corrected chi connectivity index (χ4v) is 2.26. The van der Waals surface area contributed by atoms with Crippen molar-refractivity contribution in [3.05, 3.63) is 66.1 Å². The molecule has 0 bridgehead atoms. The predicted octanol–water partition coefficient (Wildman–Crippen LogP) is 2.58. The summed E-state index contributed by atoms with van der Waals surface area (Å²) in [4.78, 5) is 4.02. The molecule has 0 unspecified atom stereocenters. The Labute approximate surface area is 105 Å². The van der Waals surface area contributed by atoms with Crippen LogP contribution in [0.2, 0.25) is 0 Å². The maximum absolute atomic E-state index is 9.39. The highest BCUT2D eigenvalue weighted by Gasteiger charge is 2.07. The number of hydrogen-bond acceptors (Lipinski definition) is 2. The van der Waals surface area contributed by atoms with Gasteiger partial charge in [-0.15, -0.1) is 0 Å². The summed E-state index contributed by atoms with van der Waals surface area (Å²) in [6.07, 6.45) is 5.62. The third-order valence-electron chi connectivity index (χ3n) is 3.14. The summed E-state index contributed by atoms with van der Waals surface area (Å²) in [7, 11) is 0. The molecule has 18 heavy (non-hydrogen) atoms. The van der Waals surface area contributed by atoms with Crippen molar-refractivity contribution in [2.75, 3.05) is 0 Å². The third-order valence-corrected chi connectivity index (χ3v) is 3.14. The molecule has 3 rings (SSSR count). The minimum atomic E-state index is 0.0733. The van der Waals surface area contributed by atoms with E-state index in [9.17, 15) is 5.11 Å². The van der Waals surface area contributed by atoms with Gasteiger partial charge in [-0.2, -0.15) is 0 Å². The van der Waals surface area contributed by atoms with Crippen LogP contribution in [0.5, 0.6) is 0 Å². The first-order valence-corrected chi connectivity index (χ1v) is 5.95. The van der Waals surface area contributed by atoms with E-state index in [1.54, 1.807) is 12.4 Å². The Morgan fingerprint density at radius 3 is 2.61 bits per heavy atom. The zero-order chi connectivity index (χ0) is 12.4. The molecule has 0 radical (unpaired) electrons. The fourth-order valence-electron chi connectivity index (χ4n) is 2.26. The highest BCUT2D eigenvalue weighted by Crippen LogP contribution is 2.22. The van der Waals surface area contributed by atoms with Crippen molar-refractivity contribution in [1.29, 1.82) is 0 Å². The lowest BCUT2D eigenvalue weighted by molar-refractivity contribution is 0.283. The molecule has 0 amide bonds. The number of pyridine rings is 1. The van der Waals surface area contributed by atoms with E-state index in [1.807, 2.05) is 36.5 Å². The molecule has 0 atom stereocenters. The molecular weight excluding hydrogens is 224 g/mol. The number of aliphatic hydroxyl groups is 1. The Balaban J connectivity index is 2.07. The zero-order valence-corrected chi connectivity index (χ0v) is 9.95. The number of benzene rings is 1. The van der Waals surface area contributed by atoms with Crippen molar-refractivity contribution in [1.82, 2.24) is 9.55 Å². The van der Waals surface area contributed by atoms with Crippen LogP contribution in [-0.4, -0.2) is 14.7 Å². The standard InChI is InChI=1S/C15H14N2O/c18-11-13-10-17(9-12-5-7-16-8-6-12)15-4-2-1-3-14(13)15/h1-8,10,18H,9,11H2. The van der Waals surface area contributed by atoms with Crippen molar-refractivity contribution >= 4 is 10.9 Å². The number of hydrogen-bond donors (Lipinski definition) is 1.